The van der Waals surface area contributed by atoms with Crippen LogP contribution in [0.4, 0.5) is 11.5 Å². The van der Waals surface area contributed by atoms with Crippen molar-refractivity contribution in [3.05, 3.63) is 146 Å². The zero-order valence-corrected chi connectivity index (χ0v) is 27.6. The summed E-state index contributed by atoms with van der Waals surface area (Å²) in [7, 11) is 0. The number of fused-ring (bicyclic) bond motifs is 13. The Bertz CT molecular complexity index is 3010. The van der Waals surface area contributed by atoms with Gasteiger partial charge in [0.2, 0.25) is 0 Å². The molecule has 1 aliphatic heterocycles. The van der Waals surface area contributed by atoms with Crippen molar-refractivity contribution in [1.82, 2.24) is 8.97 Å². The summed E-state index contributed by atoms with van der Waals surface area (Å²) in [5.41, 5.74) is 9.73. The summed E-state index contributed by atoms with van der Waals surface area (Å²) < 4.78 is 7.45. The molecule has 2 N–H and O–H groups in total. The number of aromatic nitrogens is 2. The van der Waals surface area contributed by atoms with Gasteiger partial charge in [-0.05, 0) is 78.7 Å². The third kappa shape index (κ3) is 3.73. The minimum Gasteiger partial charge on any atom is -0.376 e. The zero-order valence-electron chi connectivity index (χ0n) is 26.7. The molecule has 0 radical (unpaired) electrons. The van der Waals surface area contributed by atoms with Gasteiger partial charge in [-0.25, -0.2) is 0 Å². The van der Waals surface area contributed by atoms with E-state index < -0.39 is 0 Å². The number of hydrogen-bond acceptors (Lipinski definition) is 3. The highest BCUT2D eigenvalue weighted by Gasteiger charge is 2.26. The second-order valence-corrected chi connectivity index (χ2v) is 14.2. The molecule has 5 heterocycles. The summed E-state index contributed by atoms with van der Waals surface area (Å²) >= 11 is 1.91. The summed E-state index contributed by atoms with van der Waals surface area (Å²) in [5.74, 6) is 1.08. The lowest BCUT2D eigenvalue weighted by Crippen LogP contribution is -2.12. The molecule has 0 amide bonds. The Kier molecular flexibility index (Phi) is 5.50. The molecule has 0 bridgehead atoms. The van der Waals surface area contributed by atoms with Gasteiger partial charge in [0.25, 0.3) is 0 Å². The van der Waals surface area contributed by atoms with Crippen LogP contribution in [0, 0.1) is 0 Å². The maximum atomic E-state index is 3.84. The Morgan fingerprint density at radius 2 is 1.35 bits per heavy atom. The van der Waals surface area contributed by atoms with Crippen molar-refractivity contribution in [2.24, 2.45) is 0 Å². The molecule has 0 aliphatic carbocycles. The highest BCUT2D eigenvalue weighted by molar-refractivity contribution is 7.26. The predicted octanol–water partition coefficient (Wildman–Crippen LogP) is 12.1. The van der Waals surface area contributed by atoms with Gasteiger partial charge in [-0.3, -0.25) is 4.40 Å². The van der Waals surface area contributed by atoms with Crippen LogP contribution in [0.25, 0.3) is 86.0 Å². The Morgan fingerprint density at radius 3 is 2.22 bits per heavy atom. The number of anilines is 2. The minimum absolute atomic E-state index is 0.185. The van der Waals surface area contributed by atoms with E-state index in [2.05, 4.69) is 166 Å². The van der Waals surface area contributed by atoms with Gasteiger partial charge in [0.15, 0.2) is 0 Å². The maximum absolute atomic E-state index is 3.84. The van der Waals surface area contributed by atoms with E-state index in [-0.39, 0.29) is 6.04 Å². The summed E-state index contributed by atoms with van der Waals surface area (Å²) in [6.45, 7) is 2.21. The molecule has 6 aromatic carbocycles. The zero-order chi connectivity index (χ0) is 32.2. The lowest BCUT2D eigenvalue weighted by Gasteiger charge is -2.13. The number of para-hydroxylation sites is 3. The van der Waals surface area contributed by atoms with Gasteiger partial charge in [0.1, 0.15) is 5.82 Å². The fourth-order valence-electron chi connectivity index (χ4n) is 8.20. The Morgan fingerprint density at radius 1 is 0.612 bits per heavy atom. The molecule has 5 heteroatoms. The number of nitrogens with zero attached hydrogens (tertiary/aromatic N) is 2. The normalized spacial score (nSPS) is 16.3. The summed E-state index contributed by atoms with van der Waals surface area (Å²) in [4.78, 5) is 0. The molecule has 1 aliphatic rings. The molecular formula is C44H30N4S. The van der Waals surface area contributed by atoms with Crippen molar-refractivity contribution in [3.8, 4) is 16.8 Å². The Hall–Kier alpha value is -6.04. The molecule has 0 saturated carbocycles. The fraction of sp³-hybridized carbons (Fsp3) is 0.0455. The largest absolute Gasteiger partial charge is 0.376 e. The average molecular weight is 647 g/mol. The van der Waals surface area contributed by atoms with E-state index in [1.807, 2.05) is 17.5 Å². The molecule has 232 valence electrons. The molecule has 4 nitrogen and oxygen atoms in total. The first kappa shape index (κ1) is 27.0. The monoisotopic (exact) mass is 646 g/mol. The first-order valence-electron chi connectivity index (χ1n) is 16.9. The van der Waals surface area contributed by atoms with Crippen LogP contribution in [-0.2, 0) is 0 Å². The second-order valence-electron chi connectivity index (χ2n) is 13.2. The van der Waals surface area contributed by atoms with Crippen molar-refractivity contribution in [2.45, 2.75) is 13.0 Å². The third-order valence-electron chi connectivity index (χ3n) is 10.3. The molecule has 49 heavy (non-hydrogen) atoms. The van der Waals surface area contributed by atoms with Gasteiger partial charge in [-0.2, -0.15) is 0 Å². The summed E-state index contributed by atoms with van der Waals surface area (Å²) in [6, 6.07) is 44.9. The number of benzene rings is 6. The van der Waals surface area contributed by atoms with E-state index in [4.69, 9.17) is 0 Å². The van der Waals surface area contributed by atoms with E-state index in [1.165, 1.54) is 86.0 Å². The van der Waals surface area contributed by atoms with Crippen molar-refractivity contribution in [1.29, 1.82) is 0 Å². The lowest BCUT2D eigenvalue weighted by atomic mass is 9.99. The summed E-state index contributed by atoms with van der Waals surface area (Å²) in [6.07, 6.45) is 8.42. The second kappa shape index (κ2) is 9.99. The summed E-state index contributed by atoms with van der Waals surface area (Å²) in [5, 5.41) is 16.5. The van der Waals surface area contributed by atoms with Crippen LogP contribution in [0.5, 0.6) is 0 Å². The molecule has 4 aromatic heterocycles. The van der Waals surface area contributed by atoms with Gasteiger partial charge in [-0.1, -0.05) is 78.9 Å². The van der Waals surface area contributed by atoms with Gasteiger partial charge in [-0.15, -0.1) is 11.3 Å². The number of nitrogens with one attached hydrogen (secondary N) is 2. The van der Waals surface area contributed by atoms with Crippen LogP contribution >= 0.6 is 11.3 Å². The molecule has 0 fully saturated rings. The quantitative estimate of drug-likeness (QED) is 0.196. The highest BCUT2D eigenvalue weighted by Crippen LogP contribution is 2.50. The van der Waals surface area contributed by atoms with Gasteiger partial charge >= 0.3 is 0 Å². The van der Waals surface area contributed by atoms with Crippen molar-refractivity contribution in [2.75, 3.05) is 10.6 Å². The smallest absolute Gasteiger partial charge is 0.139 e. The Balaban J connectivity index is 1.17. The molecule has 10 aromatic rings. The SMILES string of the molecule is CC1/C=C\C=C/Nc2c(c3cc4c5cc(-c6ccc7c(c6)c6ccccc6n7-c6ccccc6)ccc5sc4c4c5ccccc5n2c34)N1. The number of thiophene rings is 1. The predicted molar refractivity (Wildman–Crippen MR) is 211 cm³/mol. The Labute approximate surface area is 286 Å². The number of allylic oxidation sites excluding steroid dienone is 2. The van der Waals surface area contributed by atoms with E-state index in [0.717, 1.165) is 11.5 Å². The van der Waals surface area contributed by atoms with Gasteiger partial charge in [0.05, 0.1) is 27.8 Å². The number of rotatable bonds is 2. The van der Waals surface area contributed by atoms with Crippen LogP contribution in [0.15, 0.2) is 146 Å². The number of hydrogen-bond donors (Lipinski definition) is 2. The van der Waals surface area contributed by atoms with E-state index in [1.54, 1.807) is 0 Å². The highest BCUT2D eigenvalue weighted by atomic mass is 32.1. The van der Waals surface area contributed by atoms with Crippen LogP contribution in [0.3, 0.4) is 0 Å². The van der Waals surface area contributed by atoms with E-state index in [0.29, 0.717) is 0 Å². The molecule has 0 spiro atoms. The molecular weight excluding hydrogens is 617 g/mol. The third-order valence-corrected chi connectivity index (χ3v) is 11.5. The topological polar surface area (TPSA) is 33.4 Å². The maximum Gasteiger partial charge on any atom is 0.139 e. The minimum atomic E-state index is 0.185. The van der Waals surface area contributed by atoms with Gasteiger partial charge in [0, 0.05) is 65.0 Å². The van der Waals surface area contributed by atoms with E-state index in [9.17, 15) is 0 Å². The van der Waals surface area contributed by atoms with Crippen molar-refractivity contribution in [3.63, 3.8) is 0 Å². The van der Waals surface area contributed by atoms with Gasteiger partial charge < -0.3 is 15.2 Å². The first-order chi connectivity index (χ1) is 24.2. The first-order valence-corrected chi connectivity index (χ1v) is 17.7. The van der Waals surface area contributed by atoms with Crippen LogP contribution < -0.4 is 10.6 Å². The molecule has 1 atom stereocenters. The van der Waals surface area contributed by atoms with Crippen LogP contribution in [-0.4, -0.2) is 15.0 Å². The van der Waals surface area contributed by atoms with Crippen LogP contribution in [0.2, 0.25) is 0 Å². The van der Waals surface area contributed by atoms with Crippen LogP contribution in [0.1, 0.15) is 6.92 Å². The van der Waals surface area contributed by atoms with Crippen molar-refractivity contribution >= 4 is 92.0 Å². The molecule has 1 unspecified atom stereocenters. The van der Waals surface area contributed by atoms with E-state index >= 15 is 0 Å². The van der Waals surface area contributed by atoms with Crippen molar-refractivity contribution < 1.29 is 0 Å². The molecule has 0 saturated heterocycles. The standard InChI is InChI=1S/C44H30N4S/c1-26-11-9-10-22-45-44-41(46-26)35-25-34-33-24-28(19-21-39(33)49-43(34)40-31-15-6-8-17-37(31)48(44)42(35)40)27-18-20-38-32(23-27)30-14-5-7-16-36(30)47(38)29-12-3-2-4-13-29/h2-26,45-46H,1H3/b11-9-,22-10-. The fourth-order valence-corrected chi connectivity index (χ4v) is 9.43. The molecule has 11 rings (SSSR count). The lowest BCUT2D eigenvalue weighted by molar-refractivity contribution is 1.00. The average Bonchev–Trinajstić information content (AvgIpc) is 3.87.